The first kappa shape index (κ1) is 15.3. The number of hydrogen-bond donors (Lipinski definition) is 1. The predicted molar refractivity (Wildman–Crippen MR) is 86.6 cm³/mol. The molecule has 1 amide bonds. The van der Waals surface area contributed by atoms with Crippen molar-refractivity contribution in [2.45, 2.75) is 26.0 Å². The third-order valence-corrected chi connectivity index (χ3v) is 4.64. The molecule has 2 fully saturated rings. The lowest BCUT2D eigenvalue weighted by molar-refractivity contribution is -0.121. The van der Waals surface area contributed by atoms with E-state index in [1.165, 1.54) is 11.3 Å². The van der Waals surface area contributed by atoms with Crippen molar-refractivity contribution >= 4 is 11.6 Å². The van der Waals surface area contributed by atoms with Gasteiger partial charge < -0.3 is 15.4 Å². The zero-order valence-corrected chi connectivity index (χ0v) is 13.2. The number of morpholine rings is 1. The first-order chi connectivity index (χ1) is 10.6. The van der Waals surface area contributed by atoms with Crippen molar-refractivity contribution in [1.82, 2.24) is 4.90 Å². The van der Waals surface area contributed by atoms with E-state index in [0.29, 0.717) is 0 Å². The Labute approximate surface area is 132 Å². The molecule has 0 bridgehead atoms. The number of anilines is 1. The lowest BCUT2D eigenvalue weighted by atomic mass is 10.1. The van der Waals surface area contributed by atoms with Gasteiger partial charge in [0.15, 0.2) is 0 Å². The molecule has 0 radical (unpaired) electrons. The van der Waals surface area contributed by atoms with Crippen LogP contribution >= 0.6 is 0 Å². The highest BCUT2D eigenvalue weighted by Gasteiger charge is 2.27. The Morgan fingerprint density at radius 2 is 2.14 bits per heavy atom. The van der Waals surface area contributed by atoms with E-state index in [9.17, 15) is 4.79 Å². The number of para-hydroxylation sites is 1. The van der Waals surface area contributed by atoms with Gasteiger partial charge in [-0.05, 0) is 31.5 Å². The van der Waals surface area contributed by atoms with Crippen molar-refractivity contribution in [2.24, 2.45) is 11.7 Å². The van der Waals surface area contributed by atoms with Gasteiger partial charge >= 0.3 is 0 Å². The summed E-state index contributed by atoms with van der Waals surface area (Å²) in [6.07, 6.45) is 1.15. The van der Waals surface area contributed by atoms with Crippen LogP contribution in [-0.2, 0) is 16.1 Å². The zero-order valence-electron chi connectivity index (χ0n) is 13.2. The molecule has 120 valence electrons. The summed E-state index contributed by atoms with van der Waals surface area (Å²) in [5, 5.41) is 0. The van der Waals surface area contributed by atoms with Crippen LogP contribution in [0.4, 0.5) is 5.69 Å². The third-order valence-electron chi connectivity index (χ3n) is 4.64. The number of ether oxygens (including phenoxy) is 1. The monoisotopic (exact) mass is 303 g/mol. The number of likely N-dealkylation sites (tertiary alicyclic amines) is 1. The number of primary amides is 1. The van der Waals surface area contributed by atoms with Gasteiger partial charge in [-0.2, -0.15) is 0 Å². The van der Waals surface area contributed by atoms with Gasteiger partial charge in [0.2, 0.25) is 5.91 Å². The number of benzene rings is 1. The van der Waals surface area contributed by atoms with Crippen LogP contribution in [0.2, 0.25) is 0 Å². The van der Waals surface area contributed by atoms with Gasteiger partial charge in [-0.25, -0.2) is 0 Å². The summed E-state index contributed by atoms with van der Waals surface area (Å²) in [6, 6.07) is 8.56. The van der Waals surface area contributed by atoms with Crippen molar-refractivity contribution in [2.75, 3.05) is 37.7 Å². The minimum atomic E-state index is -0.169. The van der Waals surface area contributed by atoms with Crippen LogP contribution in [0.1, 0.15) is 18.9 Å². The highest BCUT2D eigenvalue weighted by Crippen LogP contribution is 2.26. The second-order valence-corrected chi connectivity index (χ2v) is 6.38. The molecule has 0 aliphatic carbocycles. The minimum absolute atomic E-state index is 0.00979. The maximum Gasteiger partial charge on any atom is 0.221 e. The van der Waals surface area contributed by atoms with Crippen LogP contribution in [0.15, 0.2) is 24.3 Å². The quantitative estimate of drug-likeness (QED) is 0.908. The first-order valence-corrected chi connectivity index (χ1v) is 8.09. The molecule has 2 aliphatic heterocycles. The summed E-state index contributed by atoms with van der Waals surface area (Å²) in [4.78, 5) is 16.1. The third kappa shape index (κ3) is 3.42. The molecular weight excluding hydrogens is 278 g/mol. The van der Waals surface area contributed by atoms with E-state index in [4.69, 9.17) is 10.5 Å². The van der Waals surface area contributed by atoms with Crippen molar-refractivity contribution in [3.8, 4) is 0 Å². The molecule has 0 aromatic heterocycles. The average Bonchev–Trinajstić information content (AvgIpc) is 2.97. The van der Waals surface area contributed by atoms with Crippen LogP contribution in [0.25, 0.3) is 0 Å². The van der Waals surface area contributed by atoms with Crippen LogP contribution in [-0.4, -0.2) is 49.7 Å². The molecule has 2 N–H and O–H groups in total. The summed E-state index contributed by atoms with van der Waals surface area (Å²) in [7, 11) is 0. The molecule has 5 nitrogen and oxygen atoms in total. The van der Waals surface area contributed by atoms with Crippen molar-refractivity contribution < 1.29 is 9.53 Å². The van der Waals surface area contributed by atoms with E-state index in [1.54, 1.807) is 0 Å². The second-order valence-electron chi connectivity index (χ2n) is 6.38. The van der Waals surface area contributed by atoms with Gasteiger partial charge in [0.1, 0.15) is 0 Å². The molecule has 2 saturated heterocycles. The number of carbonyl (C=O) groups excluding carboxylic acids is 1. The summed E-state index contributed by atoms with van der Waals surface area (Å²) in [5.41, 5.74) is 8.04. The molecule has 1 aromatic carbocycles. The minimum Gasteiger partial charge on any atom is -0.375 e. The SMILES string of the molecule is C[C@H]1CN(c2ccccc2CN2CC[C@H](C(N)=O)C2)CCO1. The average molecular weight is 303 g/mol. The second kappa shape index (κ2) is 6.67. The molecule has 2 heterocycles. The Kier molecular flexibility index (Phi) is 4.64. The fourth-order valence-corrected chi connectivity index (χ4v) is 3.44. The van der Waals surface area contributed by atoms with Crippen molar-refractivity contribution in [3.63, 3.8) is 0 Å². The number of rotatable bonds is 4. The fourth-order valence-electron chi connectivity index (χ4n) is 3.44. The van der Waals surface area contributed by atoms with E-state index in [2.05, 4.69) is 41.0 Å². The Morgan fingerprint density at radius 3 is 2.86 bits per heavy atom. The van der Waals surface area contributed by atoms with E-state index in [1.807, 2.05) is 0 Å². The number of nitrogens with zero attached hydrogens (tertiary/aromatic N) is 2. The van der Waals surface area contributed by atoms with Gasteiger partial charge in [0.05, 0.1) is 18.6 Å². The molecule has 0 unspecified atom stereocenters. The molecule has 0 spiro atoms. The maximum atomic E-state index is 11.3. The van der Waals surface area contributed by atoms with Crippen molar-refractivity contribution in [1.29, 1.82) is 0 Å². The Bertz CT molecular complexity index is 534. The smallest absolute Gasteiger partial charge is 0.221 e. The maximum absolute atomic E-state index is 11.3. The van der Waals surface area contributed by atoms with E-state index < -0.39 is 0 Å². The predicted octanol–water partition coefficient (Wildman–Crippen LogP) is 1.22. The molecule has 5 heteroatoms. The van der Waals surface area contributed by atoms with Crippen LogP contribution in [0.3, 0.4) is 0 Å². The number of amides is 1. The van der Waals surface area contributed by atoms with E-state index in [-0.39, 0.29) is 17.9 Å². The standard InChI is InChI=1S/C17H25N3O2/c1-13-10-20(8-9-22-13)16-5-3-2-4-14(16)11-19-7-6-15(12-19)17(18)21/h2-5,13,15H,6-12H2,1H3,(H2,18,21)/t13-,15-/m0/s1. The fraction of sp³-hybridized carbons (Fsp3) is 0.588. The molecule has 22 heavy (non-hydrogen) atoms. The molecule has 0 saturated carbocycles. The van der Waals surface area contributed by atoms with Crippen LogP contribution in [0.5, 0.6) is 0 Å². The van der Waals surface area contributed by atoms with Crippen LogP contribution in [0, 0.1) is 5.92 Å². The molecule has 1 aromatic rings. The summed E-state index contributed by atoms with van der Waals surface area (Å²) in [6.45, 7) is 7.37. The lowest BCUT2D eigenvalue weighted by Crippen LogP contribution is -2.41. The highest BCUT2D eigenvalue weighted by atomic mass is 16.5. The summed E-state index contributed by atoms with van der Waals surface area (Å²) in [5.74, 6) is -0.159. The lowest BCUT2D eigenvalue weighted by Gasteiger charge is -2.34. The van der Waals surface area contributed by atoms with E-state index in [0.717, 1.165) is 45.8 Å². The molecule has 3 rings (SSSR count). The Balaban J connectivity index is 1.70. The topological polar surface area (TPSA) is 58.8 Å². The summed E-state index contributed by atoms with van der Waals surface area (Å²) < 4.78 is 5.64. The van der Waals surface area contributed by atoms with Crippen LogP contribution < -0.4 is 10.6 Å². The van der Waals surface area contributed by atoms with Gasteiger partial charge in [0.25, 0.3) is 0 Å². The normalized spacial score (nSPS) is 26.3. The van der Waals surface area contributed by atoms with Crippen molar-refractivity contribution in [3.05, 3.63) is 29.8 Å². The molecular formula is C17H25N3O2. The largest absolute Gasteiger partial charge is 0.375 e. The molecule has 2 aliphatic rings. The Morgan fingerprint density at radius 1 is 1.32 bits per heavy atom. The summed E-state index contributed by atoms with van der Waals surface area (Å²) >= 11 is 0. The Hall–Kier alpha value is -1.59. The number of nitrogens with two attached hydrogens (primary N) is 1. The van der Waals surface area contributed by atoms with E-state index >= 15 is 0 Å². The van der Waals surface area contributed by atoms with Gasteiger partial charge in [-0.3, -0.25) is 9.69 Å². The van der Waals surface area contributed by atoms with Gasteiger partial charge in [0, 0.05) is 31.9 Å². The van der Waals surface area contributed by atoms with Gasteiger partial charge in [-0.15, -0.1) is 0 Å². The van der Waals surface area contributed by atoms with Gasteiger partial charge in [-0.1, -0.05) is 18.2 Å². The number of hydrogen-bond acceptors (Lipinski definition) is 4. The zero-order chi connectivity index (χ0) is 15.5. The highest BCUT2D eigenvalue weighted by molar-refractivity contribution is 5.77. The number of carbonyl (C=O) groups is 1. The molecule has 2 atom stereocenters. The first-order valence-electron chi connectivity index (χ1n) is 8.09.